The zero-order valence-corrected chi connectivity index (χ0v) is 11.3. The molecule has 0 fully saturated rings. The number of hydrogen-bond donors (Lipinski definition) is 1. The van der Waals surface area contributed by atoms with Crippen molar-refractivity contribution in [3.63, 3.8) is 0 Å². The summed E-state index contributed by atoms with van der Waals surface area (Å²) < 4.78 is 2.00. The first-order chi connectivity index (χ1) is 9.31. The van der Waals surface area contributed by atoms with Gasteiger partial charge in [-0.1, -0.05) is 11.3 Å². The predicted octanol–water partition coefficient (Wildman–Crippen LogP) is 1.89. The number of nitrogens with zero attached hydrogens (tertiary/aromatic N) is 4. The molecule has 1 aliphatic heterocycles. The molecule has 4 heterocycles. The number of aromatic nitrogens is 4. The largest absolute Gasteiger partial charge is 0.309 e. The van der Waals surface area contributed by atoms with Crippen molar-refractivity contribution in [2.24, 2.45) is 0 Å². The molecule has 3 aromatic rings. The van der Waals surface area contributed by atoms with Crippen molar-refractivity contribution in [1.29, 1.82) is 0 Å². The Morgan fingerprint density at radius 1 is 1.47 bits per heavy atom. The van der Waals surface area contributed by atoms with Gasteiger partial charge in [0.05, 0.1) is 5.69 Å². The molecule has 1 N–H and O–H groups in total. The van der Waals surface area contributed by atoms with Crippen molar-refractivity contribution < 1.29 is 0 Å². The van der Waals surface area contributed by atoms with Crippen molar-refractivity contribution in [1.82, 2.24) is 24.9 Å². The van der Waals surface area contributed by atoms with Crippen LogP contribution in [0.2, 0.25) is 0 Å². The molecule has 0 spiro atoms. The van der Waals surface area contributed by atoms with Gasteiger partial charge in [0.1, 0.15) is 0 Å². The maximum atomic E-state index is 4.64. The Kier molecular flexibility index (Phi) is 2.39. The molecule has 4 rings (SSSR count). The Bertz CT molecular complexity index is 730. The van der Waals surface area contributed by atoms with E-state index in [9.17, 15) is 0 Å². The fourth-order valence-corrected chi connectivity index (χ4v) is 3.44. The van der Waals surface area contributed by atoms with Gasteiger partial charge in [-0.3, -0.25) is 4.98 Å². The smallest absolute Gasteiger partial charge is 0.213 e. The van der Waals surface area contributed by atoms with Gasteiger partial charge in [-0.15, -0.1) is 5.10 Å². The molecule has 1 aliphatic rings. The van der Waals surface area contributed by atoms with Gasteiger partial charge in [0.25, 0.3) is 0 Å². The molecule has 0 saturated heterocycles. The van der Waals surface area contributed by atoms with Gasteiger partial charge < -0.3 is 5.32 Å². The molecule has 3 aromatic heterocycles. The minimum absolute atomic E-state index is 0.497. The van der Waals surface area contributed by atoms with E-state index < -0.39 is 0 Å². The third kappa shape index (κ3) is 1.75. The van der Waals surface area contributed by atoms with Crippen LogP contribution in [-0.4, -0.2) is 25.6 Å². The number of rotatable bonds is 1. The summed E-state index contributed by atoms with van der Waals surface area (Å²) >= 11 is 1.72. The summed E-state index contributed by atoms with van der Waals surface area (Å²) in [6.45, 7) is 3.12. The van der Waals surface area contributed by atoms with Gasteiger partial charge in [0.2, 0.25) is 4.96 Å². The molecule has 0 aliphatic carbocycles. The quantitative estimate of drug-likeness (QED) is 0.734. The van der Waals surface area contributed by atoms with Crippen LogP contribution in [0.15, 0.2) is 24.5 Å². The maximum absolute atomic E-state index is 4.64. The van der Waals surface area contributed by atoms with E-state index >= 15 is 0 Å². The Balaban J connectivity index is 1.85. The Morgan fingerprint density at radius 3 is 3.26 bits per heavy atom. The van der Waals surface area contributed by atoms with Gasteiger partial charge in [-0.25, -0.2) is 4.52 Å². The lowest BCUT2D eigenvalue weighted by Gasteiger charge is -2.19. The molecule has 1 atom stereocenters. The molecule has 96 valence electrons. The monoisotopic (exact) mass is 271 g/mol. The fourth-order valence-electron chi connectivity index (χ4n) is 2.41. The Morgan fingerprint density at radius 2 is 2.42 bits per heavy atom. The minimum Gasteiger partial charge on any atom is -0.309 e. The van der Waals surface area contributed by atoms with Crippen LogP contribution in [0.1, 0.15) is 17.5 Å². The summed E-state index contributed by atoms with van der Waals surface area (Å²) in [6, 6.07) is 4.39. The number of hydrogen-bond acceptors (Lipinski definition) is 5. The van der Waals surface area contributed by atoms with E-state index in [1.165, 1.54) is 10.6 Å². The van der Waals surface area contributed by atoms with E-state index in [4.69, 9.17) is 0 Å². The summed E-state index contributed by atoms with van der Waals surface area (Å²) in [5.74, 6) is 0.758. The van der Waals surface area contributed by atoms with Crippen molar-refractivity contribution in [2.75, 3.05) is 0 Å². The summed E-state index contributed by atoms with van der Waals surface area (Å²) in [6.07, 6.45) is 4.57. The van der Waals surface area contributed by atoms with E-state index in [0.717, 1.165) is 29.3 Å². The number of fused-ring (bicyclic) bond motifs is 3. The summed E-state index contributed by atoms with van der Waals surface area (Å²) in [7, 11) is 0. The number of thiazole rings is 1. The first-order valence-corrected chi connectivity index (χ1v) is 7.14. The first kappa shape index (κ1) is 11.1. The predicted molar refractivity (Wildman–Crippen MR) is 74.1 cm³/mol. The Hall–Kier alpha value is -1.79. The Labute approximate surface area is 114 Å². The van der Waals surface area contributed by atoms with E-state index in [0.29, 0.717) is 6.04 Å². The fraction of sp³-hybridized carbons (Fsp3) is 0.308. The molecule has 0 amide bonds. The number of nitrogens with one attached hydrogen (secondary N) is 1. The van der Waals surface area contributed by atoms with E-state index in [2.05, 4.69) is 27.3 Å². The molecule has 0 radical (unpaired) electrons. The zero-order valence-electron chi connectivity index (χ0n) is 10.5. The highest BCUT2D eigenvalue weighted by Crippen LogP contribution is 2.28. The van der Waals surface area contributed by atoms with Crippen molar-refractivity contribution in [3.8, 4) is 11.4 Å². The van der Waals surface area contributed by atoms with Crippen LogP contribution in [0, 0.1) is 0 Å². The van der Waals surface area contributed by atoms with Crippen LogP contribution >= 0.6 is 11.3 Å². The van der Waals surface area contributed by atoms with Crippen molar-refractivity contribution in [2.45, 2.75) is 25.9 Å². The van der Waals surface area contributed by atoms with Gasteiger partial charge in [0, 0.05) is 41.8 Å². The van der Waals surface area contributed by atoms with Crippen LogP contribution < -0.4 is 5.32 Å². The van der Waals surface area contributed by atoms with Gasteiger partial charge in [-0.2, -0.15) is 4.98 Å². The maximum Gasteiger partial charge on any atom is 0.213 e. The van der Waals surface area contributed by atoms with Crippen molar-refractivity contribution in [3.05, 3.63) is 35.1 Å². The van der Waals surface area contributed by atoms with Gasteiger partial charge in [0.15, 0.2) is 5.82 Å². The molecule has 0 saturated carbocycles. The third-order valence-corrected chi connectivity index (χ3v) is 4.47. The lowest BCUT2D eigenvalue weighted by Crippen LogP contribution is -2.32. The zero-order chi connectivity index (χ0) is 12.8. The van der Waals surface area contributed by atoms with Gasteiger partial charge in [-0.05, 0) is 19.1 Å². The molecule has 0 aromatic carbocycles. The molecule has 1 unspecified atom stereocenters. The van der Waals surface area contributed by atoms with E-state index in [-0.39, 0.29) is 0 Å². The number of pyridine rings is 1. The molecule has 6 heteroatoms. The lowest BCUT2D eigenvalue weighted by molar-refractivity contribution is 0.505. The summed E-state index contributed by atoms with van der Waals surface area (Å²) in [5.41, 5.74) is 2.27. The topological polar surface area (TPSA) is 55.1 Å². The average molecular weight is 271 g/mol. The van der Waals surface area contributed by atoms with Gasteiger partial charge >= 0.3 is 0 Å². The van der Waals surface area contributed by atoms with Crippen LogP contribution in [0.25, 0.3) is 16.3 Å². The van der Waals surface area contributed by atoms with Crippen LogP contribution in [-0.2, 0) is 13.0 Å². The first-order valence-electron chi connectivity index (χ1n) is 6.32. The van der Waals surface area contributed by atoms with E-state index in [1.54, 1.807) is 23.7 Å². The highest BCUT2D eigenvalue weighted by molar-refractivity contribution is 7.17. The van der Waals surface area contributed by atoms with Crippen LogP contribution in [0.4, 0.5) is 0 Å². The third-order valence-electron chi connectivity index (χ3n) is 3.40. The second kappa shape index (κ2) is 4.11. The SMILES string of the molecule is CC1Cc2c(sc3nc(-c4cccnc4)nn23)CN1. The lowest BCUT2D eigenvalue weighted by atomic mass is 10.1. The average Bonchev–Trinajstić information content (AvgIpc) is 2.98. The molecule has 19 heavy (non-hydrogen) atoms. The standard InChI is InChI=1S/C13H13N5S/c1-8-5-10-11(7-15-8)19-13-16-12(17-18(10)13)9-3-2-4-14-6-9/h2-4,6,8,15H,5,7H2,1H3. The summed E-state index contributed by atoms with van der Waals surface area (Å²) in [5, 5.41) is 8.11. The molecular formula is C13H13N5S. The second-order valence-electron chi connectivity index (χ2n) is 4.83. The van der Waals surface area contributed by atoms with Crippen LogP contribution in [0.5, 0.6) is 0 Å². The molecule has 0 bridgehead atoms. The van der Waals surface area contributed by atoms with Crippen molar-refractivity contribution >= 4 is 16.3 Å². The molecule has 5 nitrogen and oxygen atoms in total. The van der Waals surface area contributed by atoms with E-state index in [1.807, 2.05) is 16.6 Å². The molecular weight excluding hydrogens is 258 g/mol. The highest BCUT2D eigenvalue weighted by Gasteiger charge is 2.22. The second-order valence-corrected chi connectivity index (χ2v) is 5.89. The highest BCUT2D eigenvalue weighted by atomic mass is 32.1. The normalized spacial score (nSPS) is 18.7. The summed E-state index contributed by atoms with van der Waals surface area (Å²) in [4.78, 5) is 11.1. The van der Waals surface area contributed by atoms with Crippen LogP contribution in [0.3, 0.4) is 0 Å². The minimum atomic E-state index is 0.497.